The first-order valence-electron chi connectivity index (χ1n) is 7.00. The fraction of sp³-hybridized carbons (Fsp3) is 0.467. The van der Waals surface area contributed by atoms with Crippen LogP contribution in [0, 0.1) is 17.6 Å². The second-order valence-corrected chi connectivity index (χ2v) is 5.24. The maximum absolute atomic E-state index is 13.7. The largest absolute Gasteiger partial charge is 0.353 e. The second-order valence-electron chi connectivity index (χ2n) is 5.24. The minimum absolute atomic E-state index is 0.0121. The van der Waals surface area contributed by atoms with E-state index in [0.29, 0.717) is 6.42 Å². The average Bonchev–Trinajstić information content (AvgIpc) is 2.80. The molecule has 0 bridgehead atoms. The summed E-state index contributed by atoms with van der Waals surface area (Å²) in [7, 11) is 0. The molecule has 2 rings (SSSR count). The lowest BCUT2D eigenvalue weighted by Gasteiger charge is -2.18. The Labute approximate surface area is 122 Å². The van der Waals surface area contributed by atoms with Crippen molar-refractivity contribution in [2.24, 2.45) is 5.92 Å². The third kappa shape index (κ3) is 3.20. The van der Waals surface area contributed by atoms with Gasteiger partial charge in [0.2, 0.25) is 11.8 Å². The lowest BCUT2D eigenvalue weighted by atomic mass is 10.1. The summed E-state index contributed by atoms with van der Waals surface area (Å²) in [6, 6.07) is 3.03. The Hall–Kier alpha value is -1.98. The van der Waals surface area contributed by atoms with Crippen LogP contribution < -0.4 is 10.2 Å². The molecular formula is C15H18F2N2O2. The predicted octanol–water partition coefficient (Wildman–Crippen LogP) is 2.23. The number of amides is 2. The van der Waals surface area contributed by atoms with Crippen molar-refractivity contribution in [1.29, 1.82) is 0 Å². The standard InChI is InChI=1S/C15H18F2N2O2/c1-3-9(2)18-14(20)11-6-7-19(15(11)21)13-5-4-10(16)8-12(13)17/h4-5,8-9,11H,3,6-7H2,1-2H3,(H,18,20)/t9-,11+/m0/s1. The molecular weight excluding hydrogens is 278 g/mol. The molecule has 0 unspecified atom stereocenters. The van der Waals surface area contributed by atoms with Gasteiger partial charge < -0.3 is 10.2 Å². The van der Waals surface area contributed by atoms with Crippen LogP contribution in [0.1, 0.15) is 26.7 Å². The molecule has 0 aliphatic carbocycles. The van der Waals surface area contributed by atoms with E-state index in [9.17, 15) is 18.4 Å². The molecule has 0 radical (unpaired) electrons. The molecule has 1 aliphatic heterocycles. The summed E-state index contributed by atoms with van der Waals surface area (Å²) in [5.74, 6) is -3.08. The number of rotatable bonds is 4. The van der Waals surface area contributed by atoms with Gasteiger partial charge in [-0.1, -0.05) is 6.92 Å². The fourth-order valence-electron chi connectivity index (χ4n) is 2.31. The Balaban J connectivity index is 2.13. The smallest absolute Gasteiger partial charge is 0.239 e. The quantitative estimate of drug-likeness (QED) is 0.866. The Morgan fingerprint density at radius 1 is 1.48 bits per heavy atom. The van der Waals surface area contributed by atoms with Gasteiger partial charge >= 0.3 is 0 Å². The maximum atomic E-state index is 13.7. The molecule has 1 aromatic rings. The molecule has 0 spiro atoms. The first-order valence-corrected chi connectivity index (χ1v) is 7.00. The Kier molecular flexibility index (Phi) is 4.55. The van der Waals surface area contributed by atoms with E-state index in [0.717, 1.165) is 18.6 Å². The molecule has 2 atom stereocenters. The van der Waals surface area contributed by atoms with Crippen LogP contribution in [0.5, 0.6) is 0 Å². The van der Waals surface area contributed by atoms with Crippen molar-refractivity contribution in [2.45, 2.75) is 32.7 Å². The molecule has 114 valence electrons. The van der Waals surface area contributed by atoms with E-state index < -0.39 is 23.5 Å². The van der Waals surface area contributed by atoms with Crippen LogP contribution in [0.3, 0.4) is 0 Å². The summed E-state index contributed by atoms with van der Waals surface area (Å²) in [5.41, 5.74) is 0.0141. The summed E-state index contributed by atoms with van der Waals surface area (Å²) in [6.07, 6.45) is 1.10. The number of benzene rings is 1. The van der Waals surface area contributed by atoms with Crippen LogP contribution in [-0.2, 0) is 9.59 Å². The van der Waals surface area contributed by atoms with E-state index in [1.807, 2.05) is 13.8 Å². The van der Waals surface area contributed by atoms with Gasteiger partial charge in [0.1, 0.15) is 17.6 Å². The van der Waals surface area contributed by atoms with E-state index in [1.54, 1.807) is 0 Å². The number of halogens is 2. The highest BCUT2D eigenvalue weighted by Gasteiger charge is 2.38. The van der Waals surface area contributed by atoms with Crippen LogP contribution in [0.4, 0.5) is 14.5 Å². The van der Waals surface area contributed by atoms with Gasteiger partial charge in [-0.25, -0.2) is 8.78 Å². The Morgan fingerprint density at radius 3 is 2.81 bits per heavy atom. The van der Waals surface area contributed by atoms with Crippen molar-refractivity contribution in [3.63, 3.8) is 0 Å². The van der Waals surface area contributed by atoms with Crippen molar-refractivity contribution in [1.82, 2.24) is 5.32 Å². The van der Waals surface area contributed by atoms with Crippen LogP contribution in [-0.4, -0.2) is 24.4 Å². The number of hydrogen-bond donors (Lipinski definition) is 1. The van der Waals surface area contributed by atoms with E-state index in [2.05, 4.69) is 5.32 Å². The monoisotopic (exact) mass is 296 g/mol. The molecule has 6 heteroatoms. The van der Waals surface area contributed by atoms with E-state index >= 15 is 0 Å². The van der Waals surface area contributed by atoms with Crippen molar-refractivity contribution >= 4 is 17.5 Å². The Bertz CT molecular complexity index is 563. The molecule has 0 aromatic heterocycles. The van der Waals surface area contributed by atoms with Gasteiger partial charge in [-0.3, -0.25) is 9.59 Å². The third-order valence-electron chi connectivity index (χ3n) is 3.72. The molecule has 1 fully saturated rings. The van der Waals surface area contributed by atoms with Gasteiger partial charge in [0.05, 0.1) is 5.69 Å². The third-order valence-corrected chi connectivity index (χ3v) is 3.72. The number of carbonyl (C=O) groups excluding carboxylic acids is 2. The van der Waals surface area contributed by atoms with Gasteiger partial charge in [-0.2, -0.15) is 0 Å². The van der Waals surface area contributed by atoms with Crippen molar-refractivity contribution < 1.29 is 18.4 Å². The molecule has 0 saturated carbocycles. The lowest BCUT2D eigenvalue weighted by molar-refractivity contribution is -0.132. The zero-order valence-electron chi connectivity index (χ0n) is 12.0. The first kappa shape index (κ1) is 15.4. The van der Waals surface area contributed by atoms with Crippen LogP contribution >= 0.6 is 0 Å². The van der Waals surface area contributed by atoms with Gasteiger partial charge in [-0.15, -0.1) is 0 Å². The van der Waals surface area contributed by atoms with Gasteiger partial charge in [-0.05, 0) is 31.9 Å². The van der Waals surface area contributed by atoms with Crippen LogP contribution in [0.25, 0.3) is 0 Å². The highest BCUT2D eigenvalue weighted by molar-refractivity contribution is 6.09. The number of carbonyl (C=O) groups is 2. The predicted molar refractivity (Wildman–Crippen MR) is 74.7 cm³/mol. The normalized spacial score (nSPS) is 19.7. The highest BCUT2D eigenvalue weighted by atomic mass is 19.1. The van der Waals surface area contributed by atoms with Gasteiger partial charge in [0.25, 0.3) is 0 Å². The Morgan fingerprint density at radius 2 is 2.19 bits per heavy atom. The summed E-state index contributed by atoms with van der Waals surface area (Å²) >= 11 is 0. The first-order chi connectivity index (χ1) is 9.93. The topological polar surface area (TPSA) is 49.4 Å². The molecule has 1 saturated heterocycles. The van der Waals surface area contributed by atoms with Crippen molar-refractivity contribution in [3.05, 3.63) is 29.8 Å². The molecule has 1 N–H and O–H groups in total. The minimum atomic E-state index is -0.802. The highest BCUT2D eigenvalue weighted by Crippen LogP contribution is 2.28. The van der Waals surface area contributed by atoms with Gasteiger partial charge in [0, 0.05) is 18.7 Å². The number of hydrogen-bond acceptors (Lipinski definition) is 2. The molecule has 4 nitrogen and oxygen atoms in total. The molecule has 2 amide bonds. The van der Waals surface area contributed by atoms with E-state index in [-0.39, 0.29) is 24.2 Å². The van der Waals surface area contributed by atoms with E-state index in [4.69, 9.17) is 0 Å². The lowest BCUT2D eigenvalue weighted by Crippen LogP contribution is -2.40. The molecule has 1 heterocycles. The summed E-state index contributed by atoms with van der Waals surface area (Å²) in [4.78, 5) is 25.5. The summed E-state index contributed by atoms with van der Waals surface area (Å²) in [6.45, 7) is 4.04. The van der Waals surface area contributed by atoms with Crippen LogP contribution in [0.2, 0.25) is 0 Å². The second kappa shape index (κ2) is 6.20. The van der Waals surface area contributed by atoms with Crippen LogP contribution in [0.15, 0.2) is 18.2 Å². The maximum Gasteiger partial charge on any atom is 0.239 e. The number of nitrogens with one attached hydrogen (secondary N) is 1. The summed E-state index contributed by atoms with van der Waals surface area (Å²) in [5, 5.41) is 2.76. The molecule has 21 heavy (non-hydrogen) atoms. The van der Waals surface area contributed by atoms with Crippen molar-refractivity contribution in [2.75, 3.05) is 11.4 Å². The van der Waals surface area contributed by atoms with Gasteiger partial charge in [0.15, 0.2) is 0 Å². The fourth-order valence-corrected chi connectivity index (χ4v) is 2.31. The number of anilines is 1. The number of nitrogens with zero attached hydrogens (tertiary/aromatic N) is 1. The van der Waals surface area contributed by atoms with E-state index in [1.165, 1.54) is 11.0 Å². The zero-order valence-corrected chi connectivity index (χ0v) is 12.0. The average molecular weight is 296 g/mol. The van der Waals surface area contributed by atoms with Crippen molar-refractivity contribution in [3.8, 4) is 0 Å². The molecule has 1 aromatic carbocycles. The zero-order chi connectivity index (χ0) is 15.6. The minimum Gasteiger partial charge on any atom is -0.353 e. The SMILES string of the molecule is CC[C@H](C)NC(=O)[C@H]1CCN(c2ccc(F)cc2F)C1=O. The molecule has 1 aliphatic rings. The summed E-state index contributed by atoms with van der Waals surface area (Å²) < 4.78 is 26.6.